The molecule has 1 N–H and O–H groups in total. The van der Waals surface area contributed by atoms with E-state index in [0.717, 1.165) is 0 Å². The SMILES string of the molecule is COC(=O)C1=CNc2no[n+]([O-])c2C1C1C(=O)CCCC1=O. The van der Waals surface area contributed by atoms with E-state index >= 15 is 0 Å². The van der Waals surface area contributed by atoms with Crippen molar-refractivity contribution in [2.24, 2.45) is 5.92 Å². The van der Waals surface area contributed by atoms with Crippen LogP contribution < -0.4 is 10.2 Å². The van der Waals surface area contributed by atoms with Gasteiger partial charge in [0, 0.05) is 19.0 Å². The van der Waals surface area contributed by atoms with Crippen molar-refractivity contribution in [1.82, 2.24) is 5.16 Å². The Labute approximate surface area is 124 Å². The number of ether oxygens (including phenoxy) is 1. The van der Waals surface area contributed by atoms with Gasteiger partial charge in [-0.15, -0.1) is 0 Å². The number of carbonyl (C=O) groups is 3. The van der Waals surface area contributed by atoms with Crippen LogP contribution in [0.2, 0.25) is 0 Å². The summed E-state index contributed by atoms with van der Waals surface area (Å²) in [6.07, 6.45) is 2.23. The highest BCUT2D eigenvalue weighted by atomic mass is 16.8. The minimum Gasteiger partial charge on any atom is -0.466 e. The molecule has 116 valence electrons. The van der Waals surface area contributed by atoms with Crippen LogP contribution in [0.1, 0.15) is 30.9 Å². The zero-order valence-electron chi connectivity index (χ0n) is 11.7. The van der Waals surface area contributed by atoms with Crippen molar-refractivity contribution in [2.75, 3.05) is 12.4 Å². The minimum absolute atomic E-state index is 0.0244. The lowest BCUT2D eigenvalue weighted by Gasteiger charge is -2.28. The van der Waals surface area contributed by atoms with E-state index in [1.54, 1.807) is 0 Å². The van der Waals surface area contributed by atoms with Gasteiger partial charge in [0.2, 0.25) is 5.69 Å². The summed E-state index contributed by atoms with van der Waals surface area (Å²) in [5.41, 5.74) is -0.0344. The van der Waals surface area contributed by atoms with E-state index < -0.39 is 17.8 Å². The molecule has 0 bridgehead atoms. The zero-order valence-corrected chi connectivity index (χ0v) is 11.7. The average molecular weight is 307 g/mol. The zero-order chi connectivity index (χ0) is 15.9. The number of methoxy groups -OCH3 is 1. The topological polar surface area (TPSA) is 125 Å². The summed E-state index contributed by atoms with van der Waals surface area (Å²) in [7, 11) is 1.18. The fraction of sp³-hybridized carbons (Fsp3) is 0.462. The number of fused-ring (bicyclic) bond motifs is 1. The van der Waals surface area contributed by atoms with E-state index in [-0.39, 0.29) is 46.4 Å². The lowest BCUT2D eigenvalue weighted by Crippen LogP contribution is -2.42. The van der Waals surface area contributed by atoms with Gasteiger partial charge in [0.25, 0.3) is 0 Å². The van der Waals surface area contributed by atoms with E-state index in [0.29, 0.717) is 6.42 Å². The van der Waals surface area contributed by atoms with E-state index in [2.05, 4.69) is 19.8 Å². The smallest absolute Gasteiger partial charge is 0.336 e. The number of ketones is 2. The molecular weight excluding hydrogens is 294 g/mol. The van der Waals surface area contributed by atoms with Crippen LogP contribution >= 0.6 is 0 Å². The second-order valence-electron chi connectivity index (χ2n) is 5.14. The number of carbonyl (C=O) groups excluding carboxylic acids is 3. The Balaban J connectivity index is 2.12. The van der Waals surface area contributed by atoms with Crippen molar-refractivity contribution < 1.29 is 28.7 Å². The van der Waals surface area contributed by atoms with Crippen molar-refractivity contribution in [3.05, 3.63) is 22.7 Å². The molecule has 3 rings (SSSR count). The third-order valence-corrected chi connectivity index (χ3v) is 3.93. The number of hydrogen-bond donors (Lipinski definition) is 1. The van der Waals surface area contributed by atoms with Gasteiger partial charge < -0.3 is 15.3 Å². The highest BCUT2D eigenvalue weighted by Gasteiger charge is 2.48. The Morgan fingerprint density at radius 3 is 2.73 bits per heavy atom. The highest BCUT2D eigenvalue weighted by Crippen LogP contribution is 2.40. The van der Waals surface area contributed by atoms with Crippen LogP contribution in [0.25, 0.3) is 0 Å². The molecular formula is C13H13N3O6. The molecule has 0 saturated heterocycles. The first-order valence-electron chi connectivity index (χ1n) is 6.74. The number of anilines is 1. The molecule has 1 unspecified atom stereocenters. The Kier molecular flexibility index (Phi) is 3.39. The molecule has 2 aliphatic rings. The molecule has 9 heteroatoms. The van der Waals surface area contributed by atoms with E-state index in [9.17, 15) is 19.6 Å². The third kappa shape index (κ3) is 2.05. The number of Topliss-reactive ketones (excluding diaryl/α,β-unsaturated/α-hetero) is 2. The van der Waals surface area contributed by atoms with Crippen LogP contribution in [0, 0.1) is 11.1 Å². The maximum atomic E-state index is 12.2. The van der Waals surface area contributed by atoms with E-state index in [1.807, 2.05) is 0 Å². The normalized spacial score (nSPS) is 21.9. The van der Waals surface area contributed by atoms with Crippen LogP contribution in [0.15, 0.2) is 16.4 Å². The second kappa shape index (κ2) is 5.24. The summed E-state index contributed by atoms with van der Waals surface area (Å²) in [4.78, 5) is 36.5. The summed E-state index contributed by atoms with van der Waals surface area (Å²) >= 11 is 0. The lowest BCUT2D eigenvalue weighted by atomic mass is 9.73. The number of nitrogens with one attached hydrogen (secondary N) is 1. The van der Waals surface area contributed by atoms with Gasteiger partial charge in [-0.25, -0.2) is 4.79 Å². The first-order chi connectivity index (χ1) is 10.5. The lowest BCUT2D eigenvalue weighted by molar-refractivity contribution is -0.808. The molecule has 1 aliphatic heterocycles. The molecule has 9 nitrogen and oxygen atoms in total. The van der Waals surface area contributed by atoms with Crippen LogP contribution in [0.5, 0.6) is 0 Å². The summed E-state index contributed by atoms with van der Waals surface area (Å²) in [6.45, 7) is 0. The van der Waals surface area contributed by atoms with Crippen LogP contribution in [-0.4, -0.2) is 29.8 Å². The fourth-order valence-corrected chi connectivity index (χ4v) is 2.94. The van der Waals surface area contributed by atoms with Crippen LogP contribution in [-0.2, 0) is 19.1 Å². The van der Waals surface area contributed by atoms with Gasteiger partial charge in [0.15, 0.2) is 0 Å². The maximum Gasteiger partial charge on any atom is 0.336 e. The number of esters is 1. The van der Waals surface area contributed by atoms with Gasteiger partial charge in [-0.1, -0.05) is 0 Å². The largest absolute Gasteiger partial charge is 0.466 e. The third-order valence-electron chi connectivity index (χ3n) is 3.93. The number of hydrogen-bond acceptors (Lipinski definition) is 8. The number of aromatic nitrogens is 2. The molecule has 1 fully saturated rings. The molecule has 0 aromatic carbocycles. The maximum absolute atomic E-state index is 12.2. The molecule has 22 heavy (non-hydrogen) atoms. The van der Waals surface area contributed by atoms with Gasteiger partial charge in [0.1, 0.15) is 11.6 Å². The predicted molar refractivity (Wildman–Crippen MR) is 69.3 cm³/mol. The average Bonchev–Trinajstić information content (AvgIpc) is 2.88. The molecule has 1 aliphatic carbocycles. The van der Waals surface area contributed by atoms with Gasteiger partial charge in [-0.2, -0.15) is 0 Å². The van der Waals surface area contributed by atoms with Crippen LogP contribution in [0.3, 0.4) is 0 Å². The number of rotatable bonds is 2. The standard InChI is InChI=1S/C13H13N3O6/c1-21-13(19)6-5-14-12-11(16(20)22-15-12)9(6)10-7(17)3-2-4-8(10)18/h5,9-10H,2-4H2,1H3,(H,14,15). The quantitative estimate of drug-likeness (QED) is 0.453. The predicted octanol–water partition coefficient (Wildman–Crippen LogP) is -0.188. The second-order valence-corrected chi connectivity index (χ2v) is 5.14. The fourth-order valence-electron chi connectivity index (χ4n) is 2.94. The molecule has 0 radical (unpaired) electrons. The van der Waals surface area contributed by atoms with Crippen LogP contribution in [0.4, 0.5) is 5.82 Å². The van der Waals surface area contributed by atoms with Crippen molar-refractivity contribution in [1.29, 1.82) is 0 Å². The van der Waals surface area contributed by atoms with Crippen molar-refractivity contribution in [3.63, 3.8) is 0 Å². The Morgan fingerprint density at radius 1 is 1.41 bits per heavy atom. The summed E-state index contributed by atoms with van der Waals surface area (Å²) < 4.78 is 9.19. The molecule has 1 atom stereocenters. The first kappa shape index (κ1) is 14.2. The van der Waals surface area contributed by atoms with E-state index in [1.165, 1.54) is 13.3 Å². The van der Waals surface area contributed by atoms with E-state index in [4.69, 9.17) is 0 Å². The number of nitrogens with zero attached hydrogens (tertiary/aromatic N) is 2. The first-order valence-corrected chi connectivity index (χ1v) is 6.74. The molecule has 1 aromatic heterocycles. The summed E-state index contributed by atoms with van der Waals surface area (Å²) in [5, 5.41) is 18.0. The van der Waals surface area contributed by atoms with Crippen molar-refractivity contribution in [3.8, 4) is 0 Å². The minimum atomic E-state index is -1.10. The van der Waals surface area contributed by atoms with Crippen molar-refractivity contribution in [2.45, 2.75) is 25.2 Å². The van der Waals surface area contributed by atoms with Gasteiger partial charge >= 0.3 is 11.8 Å². The van der Waals surface area contributed by atoms with Gasteiger partial charge in [-0.05, 0) is 11.3 Å². The van der Waals surface area contributed by atoms with Gasteiger partial charge in [-0.3, -0.25) is 14.2 Å². The molecule has 0 amide bonds. The summed E-state index contributed by atoms with van der Waals surface area (Å²) in [5.74, 6) is -3.39. The van der Waals surface area contributed by atoms with Gasteiger partial charge in [0.05, 0.1) is 29.7 Å². The highest BCUT2D eigenvalue weighted by molar-refractivity contribution is 6.07. The molecule has 2 heterocycles. The molecule has 0 spiro atoms. The Hall–Kier alpha value is -2.71. The summed E-state index contributed by atoms with van der Waals surface area (Å²) in [6, 6.07) is 0. The van der Waals surface area contributed by atoms with Crippen molar-refractivity contribution >= 4 is 23.4 Å². The molecule has 1 aromatic rings. The monoisotopic (exact) mass is 307 g/mol. The molecule has 1 saturated carbocycles. The Bertz CT molecular complexity index is 676. The Morgan fingerprint density at radius 2 is 2.09 bits per heavy atom.